The molecule has 106 valence electrons. The third-order valence-electron chi connectivity index (χ3n) is 3.53. The molecule has 0 aromatic heterocycles. The van der Waals surface area contributed by atoms with Crippen LogP contribution in [-0.2, 0) is 10.0 Å². The van der Waals surface area contributed by atoms with Crippen LogP contribution in [-0.4, -0.2) is 32.4 Å². The lowest BCUT2D eigenvalue weighted by atomic mass is 9.90. The molecule has 0 aliphatic carbocycles. The van der Waals surface area contributed by atoms with Crippen molar-refractivity contribution in [2.24, 2.45) is 11.1 Å². The highest BCUT2D eigenvalue weighted by Crippen LogP contribution is 2.33. The summed E-state index contributed by atoms with van der Waals surface area (Å²) in [5.41, 5.74) is 5.41. The lowest BCUT2D eigenvalue weighted by molar-refractivity contribution is 0.349. The minimum Gasteiger partial charge on any atom is -0.330 e. The van der Waals surface area contributed by atoms with Crippen molar-refractivity contribution in [3.8, 4) is 0 Å². The third kappa shape index (κ3) is 2.76. The predicted molar refractivity (Wildman–Crippen MR) is 71.9 cm³/mol. The molecule has 19 heavy (non-hydrogen) atoms. The number of rotatable bonds is 3. The Morgan fingerprint density at radius 2 is 2.21 bits per heavy atom. The SMILES string of the molecule is CC1(CN)CCN(S(=O)(=O)c2ccc(Cl)cc2F)C1. The Kier molecular flexibility index (Phi) is 3.88. The van der Waals surface area contributed by atoms with Crippen LogP contribution < -0.4 is 5.73 Å². The first kappa shape index (κ1) is 14.7. The van der Waals surface area contributed by atoms with Crippen LogP contribution in [0.3, 0.4) is 0 Å². The van der Waals surface area contributed by atoms with Gasteiger partial charge in [-0.15, -0.1) is 0 Å². The number of nitrogens with zero attached hydrogens (tertiary/aromatic N) is 1. The molecule has 1 saturated heterocycles. The Balaban J connectivity index is 2.34. The van der Waals surface area contributed by atoms with Gasteiger partial charge in [-0.2, -0.15) is 4.31 Å². The van der Waals surface area contributed by atoms with Crippen LogP contribution in [0.25, 0.3) is 0 Å². The molecule has 2 N–H and O–H groups in total. The van der Waals surface area contributed by atoms with Crippen molar-refractivity contribution in [2.75, 3.05) is 19.6 Å². The molecule has 1 aromatic carbocycles. The minimum absolute atomic E-state index is 0.171. The highest BCUT2D eigenvalue weighted by molar-refractivity contribution is 7.89. The van der Waals surface area contributed by atoms with E-state index in [2.05, 4.69) is 0 Å². The summed E-state index contributed by atoms with van der Waals surface area (Å²) >= 11 is 5.63. The Labute approximate surface area is 117 Å². The molecule has 0 bridgehead atoms. The molecule has 1 heterocycles. The van der Waals surface area contributed by atoms with Crippen molar-refractivity contribution in [3.05, 3.63) is 29.0 Å². The van der Waals surface area contributed by atoms with Gasteiger partial charge in [-0.05, 0) is 36.6 Å². The van der Waals surface area contributed by atoms with Gasteiger partial charge >= 0.3 is 0 Å². The summed E-state index contributed by atoms with van der Waals surface area (Å²) in [4.78, 5) is -0.335. The van der Waals surface area contributed by atoms with E-state index in [-0.39, 0.29) is 15.3 Å². The van der Waals surface area contributed by atoms with E-state index in [4.69, 9.17) is 17.3 Å². The largest absolute Gasteiger partial charge is 0.330 e. The number of benzene rings is 1. The van der Waals surface area contributed by atoms with Gasteiger partial charge in [-0.3, -0.25) is 0 Å². The zero-order chi connectivity index (χ0) is 14.3. The third-order valence-corrected chi connectivity index (χ3v) is 5.64. The number of hydrogen-bond acceptors (Lipinski definition) is 3. The van der Waals surface area contributed by atoms with Crippen LogP contribution in [0.2, 0.25) is 5.02 Å². The standard InChI is InChI=1S/C12H16ClFN2O2S/c1-12(7-15)4-5-16(8-12)19(17,18)11-3-2-9(13)6-10(11)14/h2-3,6H,4-5,7-8,15H2,1H3. The molecule has 1 aromatic rings. The molecule has 1 unspecified atom stereocenters. The van der Waals surface area contributed by atoms with Crippen LogP contribution in [0.4, 0.5) is 4.39 Å². The van der Waals surface area contributed by atoms with Crippen molar-refractivity contribution in [3.63, 3.8) is 0 Å². The quantitative estimate of drug-likeness (QED) is 0.927. The average molecular weight is 307 g/mol. The maximum atomic E-state index is 13.8. The topological polar surface area (TPSA) is 63.4 Å². The van der Waals surface area contributed by atoms with Gasteiger partial charge in [0.15, 0.2) is 0 Å². The highest BCUT2D eigenvalue weighted by atomic mass is 35.5. The van der Waals surface area contributed by atoms with Gasteiger partial charge < -0.3 is 5.73 Å². The summed E-state index contributed by atoms with van der Waals surface area (Å²) in [6.45, 7) is 3.01. The van der Waals surface area contributed by atoms with E-state index in [1.165, 1.54) is 16.4 Å². The molecule has 0 amide bonds. The first-order valence-electron chi connectivity index (χ1n) is 5.94. The van der Waals surface area contributed by atoms with Crippen LogP contribution >= 0.6 is 11.6 Å². The smallest absolute Gasteiger partial charge is 0.246 e. The van der Waals surface area contributed by atoms with Gasteiger partial charge in [0, 0.05) is 18.1 Å². The van der Waals surface area contributed by atoms with Crippen molar-refractivity contribution in [2.45, 2.75) is 18.2 Å². The van der Waals surface area contributed by atoms with Crippen LogP contribution in [0, 0.1) is 11.2 Å². The molecule has 0 radical (unpaired) electrons. The molecule has 2 rings (SSSR count). The first-order chi connectivity index (χ1) is 8.78. The van der Waals surface area contributed by atoms with E-state index in [0.29, 0.717) is 26.1 Å². The van der Waals surface area contributed by atoms with Crippen molar-refractivity contribution >= 4 is 21.6 Å². The second-order valence-corrected chi connectivity index (χ2v) is 7.52. The van der Waals surface area contributed by atoms with Gasteiger partial charge in [0.2, 0.25) is 10.0 Å². The predicted octanol–water partition coefficient (Wildman–Crippen LogP) is 1.84. The van der Waals surface area contributed by atoms with Crippen LogP contribution in [0.1, 0.15) is 13.3 Å². The minimum atomic E-state index is -3.82. The Morgan fingerprint density at radius 1 is 1.53 bits per heavy atom. The molecule has 7 heteroatoms. The molecule has 1 aliphatic rings. The normalized spacial score (nSPS) is 24.8. The number of halogens is 2. The highest BCUT2D eigenvalue weighted by Gasteiger charge is 2.39. The van der Waals surface area contributed by atoms with E-state index in [1.807, 2.05) is 6.92 Å². The summed E-state index contributed by atoms with van der Waals surface area (Å²) in [6, 6.07) is 3.58. The van der Waals surface area contributed by atoms with E-state index in [1.54, 1.807) is 0 Å². The van der Waals surface area contributed by atoms with Gasteiger partial charge in [0.05, 0.1) is 0 Å². The molecule has 0 spiro atoms. The summed E-state index contributed by atoms with van der Waals surface area (Å²) in [5.74, 6) is -0.825. The van der Waals surface area contributed by atoms with Gasteiger partial charge in [-0.1, -0.05) is 18.5 Å². The van der Waals surface area contributed by atoms with Crippen LogP contribution in [0.5, 0.6) is 0 Å². The van der Waals surface area contributed by atoms with Gasteiger partial charge in [-0.25, -0.2) is 12.8 Å². The Bertz CT molecular complexity index is 593. The fourth-order valence-corrected chi connectivity index (χ4v) is 3.97. The summed E-state index contributed by atoms with van der Waals surface area (Å²) in [5, 5.41) is 0.171. The maximum Gasteiger partial charge on any atom is 0.246 e. The van der Waals surface area contributed by atoms with E-state index in [9.17, 15) is 12.8 Å². The zero-order valence-corrected chi connectivity index (χ0v) is 12.1. The molecule has 1 aliphatic heterocycles. The average Bonchev–Trinajstić information content (AvgIpc) is 2.73. The molecule has 1 atom stereocenters. The van der Waals surface area contributed by atoms with E-state index >= 15 is 0 Å². The summed E-state index contributed by atoms with van der Waals surface area (Å²) in [7, 11) is -3.82. The lowest BCUT2D eigenvalue weighted by Crippen LogP contribution is -2.34. The van der Waals surface area contributed by atoms with Crippen molar-refractivity contribution < 1.29 is 12.8 Å². The van der Waals surface area contributed by atoms with E-state index < -0.39 is 15.8 Å². The van der Waals surface area contributed by atoms with E-state index in [0.717, 1.165) is 6.07 Å². The number of nitrogens with two attached hydrogens (primary N) is 1. The van der Waals surface area contributed by atoms with Gasteiger partial charge in [0.1, 0.15) is 10.7 Å². The van der Waals surface area contributed by atoms with Crippen molar-refractivity contribution in [1.82, 2.24) is 4.31 Å². The molecule has 4 nitrogen and oxygen atoms in total. The fraction of sp³-hybridized carbons (Fsp3) is 0.500. The molecule has 1 fully saturated rings. The van der Waals surface area contributed by atoms with Crippen molar-refractivity contribution in [1.29, 1.82) is 0 Å². The molecular formula is C12H16ClFN2O2S. The number of hydrogen-bond donors (Lipinski definition) is 1. The molecule has 0 saturated carbocycles. The summed E-state index contributed by atoms with van der Waals surface area (Å²) in [6.07, 6.45) is 0.679. The summed E-state index contributed by atoms with van der Waals surface area (Å²) < 4.78 is 39.8. The number of sulfonamides is 1. The Hall–Kier alpha value is -0.690. The second kappa shape index (κ2) is 5.01. The first-order valence-corrected chi connectivity index (χ1v) is 7.76. The second-order valence-electron chi connectivity index (χ2n) is 5.18. The monoisotopic (exact) mass is 306 g/mol. The maximum absolute atomic E-state index is 13.8. The molecular weight excluding hydrogens is 291 g/mol. The zero-order valence-electron chi connectivity index (χ0n) is 10.6. The lowest BCUT2D eigenvalue weighted by Gasteiger charge is -2.22. The van der Waals surface area contributed by atoms with Gasteiger partial charge in [0.25, 0.3) is 0 Å². The fourth-order valence-electron chi connectivity index (χ4n) is 2.17. The van der Waals surface area contributed by atoms with Crippen LogP contribution in [0.15, 0.2) is 23.1 Å². The Morgan fingerprint density at radius 3 is 2.74 bits per heavy atom.